The number of epoxide rings is 1. The molecule has 0 radical (unpaired) electrons. The van der Waals surface area contributed by atoms with Gasteiger partial charge in [-0.05, 0) is 6.07 Å². The fraction of sp³-hybridized carbons (Fsp3) is 0.333. The van der Waals surface area contributed by atoms with Crippen LogP contribution in [0.25, 0.3) is 0 Å². The molecule has 1 heterocycles. The minimum Gasteiger partial charge on any atom is -0.489 e. The van der Waals surface area contributed by atoms with E-state index in [9.17, 15) is 0 Å². The molecule has 0 amide bonds. The molecule has 14 heavy (non-hydrogen) atoms. The first-order chi connectivity index (χ1) is 6.66. The van der Waals surface area contributed by atoms with E-state index in [1.807, 2.05) is 0 Å². The zero-order valence-corrected chi connectivity index (χ0v) is 9.36. The molecule has 0 saturated carbocycles. The Morgan fingerprint density at radius 3 is 2.50 bits per heavy atom. The summed E-state index contributed by atoms with van der Waals surface area (Å²) in [6.45, 7) is 1.25. The van der Waals surface area contributed by atoms with Gasteiger partial charge in [0.1, 0.15) is 18.5 Å². The number of hydrogen-bond acceptors (Lipinski definition) is 2. The zero-order valence-electron chi connectivity index (χ0n) is 7.10. The summed E-state index contributed by atoms with van der Waals surface area (Å²) in [5.41, 5.74) is 0. The molecule has 0 spiro atoms. The van der Waals surface area contributed by atoms with E-state index in [1.165, 1.54) is 0 Å². The Labute approximate surface area is 96.7 Å². The fourth-order valence-corrected chi connectivity index (χ4v) is 1.55. The molecule has 2 nitrogen and oxygen atoms in total. The van der Waals surface area contributed by atoms with E-state index >= 15 is 0 Å². The van der Waals surface area contributed by atoms with E-state index in [-0.39, 0.29) is 6.10 Å². The van der Waals surface area contributed by atoms with E-state index < -0.39 is 0 Å². The second kappa shape index (κ2) is 4.15. The van der Waals surface area contributed by atoms with Crippen molar-refractivity contribution in [3.63, 3.8) is 0 Å². The van der Waals surface area contributed by atoms with Gasteiger partial charge < -0.3 is 9.47 Å². The highest BCUT2D eigenvalue weighted by Gasteiger charge is 2.23. The van der Waals surface area contributed by atoms with Crippen molar-refractivity contribution < 1.29 is 9.47 Å². The van der Waals surface area contributed by atoms with Crippen LogP contribution in [0.15, 0.2) is 12.1 Å². The molecule has 1 aromatic rings. The maximum Gasteiger partial charge on any atom is 0.139 e. The Balaban J connectivity index is 2.10. The third-order valence-corrected chi connectivity index (χ3v) is 2.82. The summed E-state index contributed by atoms with van der Waals surface area (Å²) in [6, 6.07) is 3.17. The van der Waals surface area contributed by atoms with E-state index in [0.717, 1.165) is 6.61 Å². The van der Waals surface area contributed by atoms with Crippen molar-refractivity contribution in [2.45, 2.75) is 6.10 Å². The van der Waals surface area contributed by atoms with Crippen LogP contribution in [0.5, 0.6) is 5.75 Å². The number of ether oxygens (including phenoxy) is 2. The van der Waals surface area contributed by atoms with Gasteiger partial charge in [0, 0.05) is 6.07 Å². The summed E-state index contributed by atoms with van der Waals surface area (Å²) >= 11 is 17.5. The molecule has 1 aliphatic heterocycles. The molecule has 0 aliphatic carbocycles. The lowest BCUT2D eigenvalue weighted by molar-refractivity contribution is 0.263. The molecule has 1 fully saturated rings. The molecule has 0 unspecified atom stereocenters. The highest BCUT2D eigenvalue weighted by Crippen LogP contribution is 2.34. The average molecular weight is 254 g/mol. The number of benzene rings is 1. The van der Waals surface area contributed by atoms with Crippen LogP contribution >= 0.6 is 34.8 Å². The molecule has 0 aromatic heterocycles. The molecule has 0 N–H and O–H groups in total. The van der Waals surface area contributed by atoms with Crippen molar-refractivity contribution in [2.75, 3.05) is 13.2 Å². The quantitative estimate of drug-likeness (QED) is 0.608. The third kappa shape index (κ3) is 2.45. The highest BCUT2D eigenvalue weighted by atomic mass is 35.5. The predicted octanol–water partition coefficient (Wildman–Crippen LogP) is 3.42. The average Bonchev–Trinajstić information content (AvgIpc) is 2.92. The Bertz CT molecular complexity index is 350. The third-order valence-electron chi connectivity index (χ3n) is 1.80. The largest absolute Gasteiger partial charge is 0.489 e. The molecule has 76 valence electrons. The van der Waals surface area contributed by atoms with Crippen molar-refractivity contribution in [1.82, 2.24) is 0 Å². The van der Waals surface area contributed by atoms with Gasteiger partial charge in [-0.2, -0.15) is 0 Å². The summed E-state index contributed by atoms with van der Waals surface area (Å²) in [7, 11) is 0. The maximum atomic E-state index is 5.90. The van der Waals surface area contributed by atoms with Gasteiger partial charge in [0.25, 0.3) is 0 Å². The molecule has 5 heteroatoms. The summed E-state index contributed by atoms with van der Waals surface area (Å²) in [5.74, 6) is 0.538. The van der Waals surface area contributed by atoms with E-state index in [2.05, 4.69) is 0 Å². The van der Waals surface area contributed by atoms with Crippen molar-refractivity contribution >= 4 is 34.8 Å². The lowest BCUT2D eigenvalue weighted by Crippen LogP contribution is -2.04. The summed E-state index contributed by atoms with van der Waals surface area (Å²) < 4.78 is 10.4. The fourth-order valence-electron chi connectivity index (χ4n) is 0.962. The van der Waals surface area contributed by atoms with Crippen molar-refractivity contribution in [1.29, 1.82) is 0 Å². The van der Waals surface area contributed by atoms with Crippen LogP contribution in [0.1, 0.15) is 0 Å². The first kappa shape index (κ1) is 10.4. The van der Waals surface area contributed by atoms with E-state index in [1.54, 1.807) is 12.1 Å². The van der Waals surface area contributed by atoms with Crippen LogP contribution in [0.3, 0.4) is 0 Å². The van der Waals surface area contributed by atoms with Gasteiger partial charge in [0.2, 0.25) is 0 Å². The molecule has 1 aliphatic rings. The summed E-state index contributed by atoms with van der Waals surface area (Å²) in [4.78, 5) is 0. The highest BCUT2D eigenvalue weighted by molar-refractivity contribution is 6.43. The van der Waals surface area contributed by atoms with E-state index in [4.69, 9.17) is 44.3 Å². The van der Waals surface area contributed by atoms with Gasteiger partial charge >= 0.3 is 0 Å². The predicted molar refractivity (Wildman–Crippen MR) is 56.7 cm³/mol. The Morgan fingerprint density at radius 2 is 1.86 bits per heavy atom. The van der Waals surface area contributed by atoms with Gasteiger partial charge in [0.15, 0.2) is 0 Å². The minimum absolute atomic E-state index is 0.195. The van der Waals surface area contributed by atoms with Crippen molar-refractivity contribution in [3.8, 4) is 5.75 Å². The second-order valence-corrected chi connectivity index (χ2v) is 4.18. The monoisotopic (exact) mass is 252 g/mol. The Kier molecular flexibility index (Phi) is 3.07. The van der Waals surface area contributed by atoms with Crippen molar-refractivity contribution in [3.05, 3.63) is 27.2 Å². The Morgan fingerprint density at radius 1 is 1.21 bits per heavy atom. The van der Waals surface area contributed by atoms with Crippen LogP contribution < -0.4 is 4.74 Å². The molecule has 2 rings (SSSR count). The van der Waals surface area contributed by atoms with Crippen LogP contribution in [0, 0.1) is 0 Å². The Hall–Kier alpha value is -0.150. The van der Waals surface area contributed by atoms with E-state index in [0.29, 0.717) is 27.4 Å². The van der Waals surface area contributed by atoms with Gasteiger partial charge in [-0.15, -0.1) is 0 Å². The summed E-state index contributed by atoms with van der Waals surface area (Å²) in [5, 5.41) is 1.31. The molecule has 1 saturated heterocycles. The van der Waals surface area contributed by atoms with Crippen molar-refractivity contribution in [2.24, 2.45) is 0 Å². The lowest BCUT2D eigenvalue weighted by Gasteiger charge is -2.07. The first-order valence-electron chi connectivity index (χ1n) is 4.06. The van der Waals surface area contributed by atoms with Crippen LogP contribution in [0.2, 0.25) is 15.1 Å². The van der Waals surface area contributed by atoms with Crippen LogP contribution in [-0.2, 0) is 4.74 Å². The first-order valence-corrected chi connectivity index (χ1v) is 5.19. The minimum atomic E-state index is 0.195. The van der Waals surface area contributed by atoms with Gasteiger partial charge in [-0.1, -0.05) is 34.8 Å². The SMILES string of the molecule is Clc1cc(Cl)c(OC[C@H]2CO2)cc1Cl. The molecular formula is C9H7Cl3O2. The van der Waals surface area contributed by atoms with Crippen LogP contribution in [0.4, 0.5) is 0 Å². The second-order valence-electron chi connectivity index (χ2n) is 2.96. The molecule has 1 aromatic carbocycles. The van der Waals surface area contributed by atoms with Gasteiger partial charge in [-0.3, -0.25) is 0 Å². The zero-order chi connectivity index (χ0) is 10.1. The molecule has 0 bridgehead atoms. The number of rotatable bonds is 3. The maximum absolute atomic E-state index is 5.90. The molecule has 1 atom stereocenters. The summed E-state index contributed by atoms with van der Waals surface area (Å²) in [6.07, 6.45) is 0.195. The number of halogens is 3. The standard InChI is InChI=1S/C9H7Cl3O2/c10-6-1-8(12)9(2-7(6)11)14-4-5-3-13-5/h1-2,5H,3-4H2/t5-/m1/s1. The molecular weight excluding hydrogens is 246 g/mol. The number of hydrogen-bond donors (Lipinski definition) is 0. The van der Waals surface area contributed by atoms with Gasteiger partial charge in [-0.25, -0.2) is 0 Å². The van der Waals surface area contributed by atoms with Gasteiger partial charge in [0.05, 0.1) is 21.7 Å². The lowest BCUT2D eigenvalue weighted by atomic mass is 10.3. The van der Waals surface area contributed by atoms with Crippen LogP contribution in [-0.4, -0.2) is 19.3 Å². The topological polar surface area (TPSA) is 21.8 Å². The normalized spacial score (nSPS) is 19.5. The smallest absolute Gasteiger partial charge is 0.139 e.